The molecule has 0 spiro atoms. The Balaban J connectivity index is 2.70. The third kappa shape index (κ3) is 1.59. The normalized spacial score (nSPS) is 35.1. The predicted molar refractivity (Wildman–Crippen MR) is 50.3 cm³/mol. The number of hydrogen-bond donors (Lipinski definition) is 1. The molecule has 1 fully saturated rings. The summed E-state index contributed by atoms with van der Waals surface area (Å²) >= 11 is 1.81. The minimum atomic E-state index is -0.432. The maximum atomic E-state index is 11.4. The molecule has 1 aliphatic rings. The third-order valence-electron chi connectivity index (χ3n) is 2.30. The number of methoxy groups -OCH3 is 1. The smallest absolute Gasteiger partial charge is 0.326 e. The van der Waals surface area contributed by atoms with Gasteiger partial charge in [0.25, 0.3) is 0 Å². The van der Waals surface area contributed by atoms with Gasteiger partial charge in [0.15, 0.2) is 0 Å². The van der Waals surface area contributed by atoms with Crippen molar-refractivity contribution in [2.45, 2.75) is 24.1 Å². The second-order valence-corrected chi connectivity index (χ2v) is 4.58. The standard InChI is InChI=1S/C8H15NO2S/c1-6-4-8(9-2,5-12-6)7(10)11-3/h6,9H,4-5H2,1-3H3. The van der Waals surface area contributed by atoms with Gasteiger partial charge in [-0.3, -0.25) is 4.79 Å². The van der Waals surface area contributed by atoms with Gasteiger partial charge in [-0.2, -0.15) is 11.8 Å². The van der Waals surface area contributed by atoms with E-state index >= 15 is 0 Å². The van der Waals surface area contributed by atoms with Gasteiger partial charge in [-0.15, -0.1) is 0 Å². The van der Waals surface area contributed by atoms with E-state index in [2.05, 4.69) is 12.2 Å². The Morgan fingerprint density at radius 1 is 1.75 bits per heavy atom. The number of carbonyl (C=O) groups excluding carboxylic acids is 1. The molecule has 2 unspecified atom stereocenters. The van der Waals surface area contributed by atoms with Gasteiger partial charge in [0.1, 0.15) is 5.54 Å². The second-order valence-electron chi connectivity index (χ2n) is 3.15. The number of ether oxygens (including phenoxy) is 1. The highest BCUT2D eigenvalue weighted by Gasteiger charge is 2.44. The Bertz CT molecular complexity index is 186. The minimum Gasteiger partial charge on any atom is -0.468 e. The maximum Gasteiger partial charge on any atom is 0.326 e. The molecule has 2 atom stereocenters. The molecular weight excluding hydrogens is 174 g/mol. The first kappa shape index (κ1) is 9.86. The summed E-state index contributed by atoms with van der Waals surface area (Å²) < 4.78 is 4.76. The van der Waals surface area contributed by atoms with Crippen LogP contribution in [0, 0.1) is 0 Å². The minimum absolute atomic E-state index is 0.137. The lowest BCUT2D eigenvalue weighted by Gasteiger charge is -2.24. The Labute approximate surface area is 77.2 Å². The molecule has 0 bridgehead atoms. The molecule has 70 valence electrons. The molecule has 0 aromatic carbocycles. The molecule has 0 aromatic rings. The Kier molecular flexibility index (Phi) is 3.01. The number of esters is 1. The van der Waals surface area contributed by atoms with Crippen LogP contribution in [0.15, 0.2) is 0 Å². The number of likely N-dealkylation sites (N-methyl/N-ethyl adjacent to an activating group) is 1. The van der Waals surface area contributed by atoms with Gasteiger partial charge < -0.3 is 10.1 Å². The van der Waals surface area contributed by atoms with Crippen molar-refractivity contribution in [3.8, 4) is 0 Å². The molecule has 12 heavy (non-hydrogen) atoms. The molecule has 0 amide bonds. The van der Waals surface area contributed by atoms with Gasteiger partial charge in [-0.05, 0) is 13.5 Å². The van der Waals surface area contributed by atoms with Crippen LogP contribution in [0.25, 0.3) is 0 Å². The molecular formula is C8H15NO2S. The van der Waals surface area contributed by atoms with E-state index in [0.717, 1.165) is 12.2 Å². The summed E-state index contributed by atoms with van der Waals surface area (Å²) in [5, 5.41) is 3.60. The van der Waals surface area contributed by atoms with E-state index in [1.807, 2.05) is 18.8 Å². The monoisotopic (exact) mass is 189 g/mol. The SMILES string of the molecule is CNC1(C(=O)OC)CSC(C)C1. The van der Waals surface area contributed by atoms with Gasteiger partial charge in [-0.1, -0.05) is 6.92 Å². The summed E-state index contributed by atoms with van der Waals surface area (Å²) in [5.41, 5.74) is -0.432. The number of carbonyl (C=O) groups is 1. The summed E-state index contributed by atoms with van der Waals surface area (Å²) in [5.74, 6) is 0.680. The van der Waals surface area contributed by atoms with Crippen molar-refractivity contribution < 1.29 is 9.53 Å². The van der Waals surface area contributed by atoms with E-state index in [-0.39, 0.29) is 5.97 Å². The molecule has 0 radical (unpaired) electrons. The summed E-state index contributed by atoms with van der Waals surface area (Å²) in [4.78, 5) is 11.4. The summed E-state index contributed by atoms with van der Waals surface area (Å²) in [6.45, 7) is 2.13. The van der Waals surface area contributed by atoms with Crippen LogP contribution in [0.2, 0.25) is 0 Å². The average molecular weight is 189 g/mol. The highest BCUT2D eigenvalue weighted by molar-refractivity contribution is 8.00. The van der Waals surface area contributed by atoms with Crippen molar-refractivity contribution in [2.24, 2.45) is 0 Å². The fraction of sp³-hybridized carbons (Fsp3) is 0.875. The lowest BCUT2D eigenvalue weighted by molar-refractivity contribution is -0.147. The first-order valence-electron chi connectivity index (χ1n) is 4.03. The van der Waals surface area contributed by atoms with E-state index in [4.69, 9.17) is 4.74 Å². The van der Waals surface area contributed by atoms with Crippen LogP contribution in [0.3, 0.4) is 0 Å². The van der Waals surface area contributed by atoms with Crippen LogP contribution in [-0.4, -0.2) is 36.7 Å². The topological polar surface area (TPSA) is 38.3 Å². The molecule has 4 heteroatoms. The van der Waals surface area contributed by atoms with Crippen molar-refractivity contribution in [3.63, 3.8) is 0 Å². The third-order valence-corrected chi connectivity index (χ3v) is 3.70. The fourth-order valence-electron chi connectivity index (χ4n) is 1.51. The first-order valence-corrected chi connectivity index (χ1v) is 5.08. The molecule has 0 aliphatic carbocycles. The van der Waals surface area contributed by atoms with Crippen molar-refractivity contribution in [3.05, 3.63) is 0 Å². The number of rotatable bonds is 2. The zero-order valence-electron chi connectivity index (χ0n) is 7.72. The van der Waals surface area contributed by atoms with Gasteiger partial charge in [0.2, 0.25) is 0 Å². The molecule has 1 rings (SSSR count). The van der Waals surface area contributed by atoms with Crippen LogP contribution >= 0.6 is 11.8 Å². The van der Waals surface area contributed by atoms with Crippen molar-refractivity contribution >= 4 is 17.7 Å². The first-order chi connectivity index (χ1) is 5.64. The Morgan fingerprint density at radius 3 is 2.75 bits per heavy atom. The highest BCUT2D eigenvalue weighted by Crippen LogP contribution is 2.34. The molecule has 1 saturated heterocycles. The summed E-state index contributed by atoms with van der Waals surface area (Å²) in [6, 6.07) is 0. The molecule has 1 N–H and O–H groups in total. The fourth-order valence-corrected chi connectivity index (χ4v) is 2.86. The van der Waals surface area contributed by atoms with Crippen molar-refractivity contribution in [2.75, 3.05) is 19.9 Å². The van der Waals surface area contributed by atoms with E-state index < -0.39 is 5.54 Å². The van der Waals surface area contributed by atoms with Crippen LogP contribution in [0.4, 0.5) is 0 Å². The quantitative estimate of drug-likeness (QED) is 0.647. The lowest BCUT2D eigenvalue weighted by atomic mass is 9.97. The van der Waals surface area contributed by atoms with Crippen LogP contribution < -0.4 is 5.32 Å². The van der Waals surface area contributed by atoms with E-state index in [0.29, 0.717) is 5.25 Å². The van der Waals surface area contributed by atoms with Crippen LogP contribution in [0.1, 0.15) is 13.3 Å². The zero-order valence-corrected chi connectivity index (χ0v) is 8.53. The van der Waals surface area contributed by atoms with Crippen molar-refractivity contribution in [1.29, 1.82) is 0 Å². The van der Waals surface area contributed by atoms with Crippen molar-refractivity contribution in [1.82, 2.24) is 5.32 Å². The summed E-state index contributed by atoms with van der Waals surface area (Å²) in [6.07, 6.45) is 0.862. The molecule has 1 heterocycles. The van der Waals surface area contributed by atoms with E-state index in [1.165, 1.54) is 7.11 Å². The molecule has 1 aliphatic heterocycles. The number of nitrogens with one attached hydrogen (secondary N) is 1. The Hall–Kier alpha value is -0.220. The van der Waals surface area contributed by atoms with Crippen LogP contribution in [-0.2, 0) is 9.53 Å². The van der Waals surface area contributed by atoms with Crippen LogP contribution in [0.5, 0.6) is 0 Å². The number of hydrogen-bond acceptors (Lipinski definition) is 4. The van der Waals surface area contributed by atoms with Gasteiger partial charge in [0.05, 0.1) is 7.11 Å². The highest BCUT2D eigenvalue weighted by atomic mass is 32.2. The van der Waals surface area contributed by atoms with E-state index in [9.17, 15) is 4.79 Å². The second kappa shape index (κ2) is 3.66. The zero-order chi connectivity index (χ0) is 9.19. The maximum absolute atomic E-state index is 11.4. The molecule has 0 saturated carbocycles. The van der Waals surface area contributed by atoms with Gasteiger partial charge in [-0.25, -0.2) is 0 Å². The van der Waals surface area contributed by atoms with Gasteiger partial charge in [0, 0.05) is 11.0 Å². The average Bonchev–Trinajstić information content (AvgIpc) is 2.47. The summed E-state index contributed by atoms with van der Waals surface area (Å²) in [7, 11) is 3.25. The number of thioether (sulfide) groups is 1. The molecule has 0 aromatic heterocycles. The van der Waals surface area contributed by atoms with Gasteiger partial charge >= 0.3 is 5.97 Å². The largest absolute Gasteiger partial charge is 0.468 e. The molecule has 3 nitrogen and oxygen atoms in total. The van der Waals surface area contributed by atoms with E-state index in [1.54, 1.807) is 0 Å². The predicted octanol–water partition coefficient (Wildman–Crippen LogP) is 0.643. The Morgan fingerprint density at radius 2 is 2.42 bits per heavy atom. The lowest BCUT2D eigenvalue weighted by Crippen LogP contribution is -2.51.